The molecule has 1 N–H and O–H groups in total. The molecule has 0 atom stereocenters. The van der Waals surface area contributed by atoms with Gasteiger partial charge in [-0.1, -0.05) is 26.0 Å². The molecule has 0 aliphatic carbocycles. The number of benzene rings is 1. The van der Waals surface area contributed by atoms with Gasteiger partial charge in [0, 0.05) is 9.89 Å². The molecule has 1 heterocycles. The van der Waals surface area contributed by atoms with E-state index >= 15 is 0 Å². The van der Waals surface area contributed by atoms with Gasteiger partial charge in [-0.05, 0) is 34.1 Å². The fourth-order valence-electron chi connectivity index (χ4n) is 1.92. The lowest BCUT2D eigenvalue weighted by Gasteiger charge is -2.20. The zero-order chi connectivity index (χ0) is 15.1. The van der Waals surface area contributed by atoms with Crippen LogP contribution in [-0.4, -0.2) is 26.1 Å². The minimum Gasteiger partial charge on any atom is -0.476 e. The highest BCUT2D eigenvalue weighted by molar-refractivity contribution is 9.10. The number of aromatic nitrogens is 3. The average molecular weight is 342 g/mol. The third-order valence-corrected chi connectivity index (χ3v) is 3.36. The molecule has 2 aromatic rings. The summed E-state index contributed by atoms with van der Waals surface area (Å²) >= 11 is 3.25. The first-order valence-corrected chi connectivity index (χ1v) is 6.66. The van der Waals surface area contributed by atoms with Crippen molar-refractivity contribution in [3.8, 4) is 5.69 Å². The molecule has 106 valence electrons. The molecule has 5 nitrogen and oxygen atoms in total. The minimum absolute atomic E-state index is 0.103. The van der Waals surface area contributed by atoms with E-state index in [0.717, 1.165) is 0 Å². The first-order chi connectivity index (χ1) is 9.21. The van der Waals surface area contributed by atoms with E-state index in [0.29, 0.717) is 15.9 Å². The normalized spacial score (nSPS) is 11.7. The van der Waals surface area contributed by atoms with E-state index < -0.39 is 17.2 Å². The number of halogens is 2. The number of aromatic carboxylic acids is 1. The van der Waals surface area contributed by atoms with E-state index in [-0.39, 0.29) is 5.69 Å². The zero-order valence-electron chi connectivity index (χ0n) is 11.2. The lowest BCUT2D eigenvalue weighted by atomic mass is 9.90. The zero-order valence-corrected chi connectivity index (χ0v) is 12.8. The van der Waals surface area contributed by atoms with Crippen LogP contribution in [0, 0.1) is 5.82 Å². The van der Waals surface area contributed by atoms with Gasteiger partial charge in [0.05, 0.1) is 11.4 Å². The number of carboxylic acids is 1. The summed E-state index contributed by atoms with van der Waals surface area (Å²) in [6.07, 6.45) is 0. The molecule has 2 rings (SSSR count). The highest BCUT2D eigenvalue weighted by atomic mass is 79.9. The van der Waals surface area contributed by atoms with Crippen LogP contribution in [0.15, 0.2) is 22.7 Å². The first kappa shape index (κ1) is 14.6. The smallest absolute Gasteiger partial charge is 0.358 e. The third kappa shape index (κ3) is 2.58. The number of rotatable bonds is 2. The van der Waals surface area contributed by atoms with Gasteiger partial charge in [0.2, 0.25) is 0 Å². The van der Waals surface area contributed by atoms with Gasteiger partial charge in [-0.25, -0.2) is 13.9 Å². The van der Waals surface area contributed by atoms with Crippen LogP contribution in [0.5, 0.6) is 0 Å². The fraction of sp³-hybridized carbons (Fsp3) is 0.308. The van der Waals surface area contributed by atoms with Gasteiger partial charge >= 0.3 is 5.97 Å². The number of carbonyl (C=O) groups is 1. The minimum atomic E-state index is -1.14. The number of hydrogen-bond acceptors (Lipinski definition) is 3. The largest absolute Gasteiger partial charge is 0.476 e. The van der Waals surface area contributed by atoms with Gasteiger partial charge in [-0.3, -0.25) is 0 Å². The molecule has 20 heavy (non-hydrogen) atoms. The second-order valence-corrected chi connectivity index (χ2v) is 6.20. The molecule has 0 saturated heterocycles. The van der Waals surface area contributed by atoms with Crippen molar-refractivity contribution in [1.82, 2.24) is 15.0 Å². The molecule has 1 aromatic heterocycles. The first-order valence-electron chi connectivity index (χ1n) is 5.86. The summed E-state index contributed by atoms with van der Waals surface area (Å²) in [5.74, 6) is -1.53. The standard InChI is InChI=1S/C13H13BrFN3O2/c1-13(2,3)11-10(12(19)20)16-17-18(11)9-5-4-7(15)6-8(9)14/h4-6H,1-3H3,(H,19,20). The van der Waals surface area contributed by atoms with Crippen molar-refractivity contribution in [3.05, 3.63) is 39.9 Å². The SMILES string of the molecule is CC(C)(C)c1c(C(=O)O)nnn1-c1ccc(F)cc1Br. The Balaban J connectivity index is 2.72. The van der Waals surface area contributed by atoms with Crippen LogP contribution >= 0.6 is 15.9 Å². The Morgan fingerprint density at radius 1 is 1.40 bits per heavy atom. The van der Waals surface area contributed by atoms with Crippen LogP contribution in [0.4, 0.5) is 4.39 Å². The summed E-state index contributed by atoms with van der Waals surface area (Å²) in [6, 6.07) is 4.10. The van der Waals surface area contributed by atoms with Crippen LogP contribution in [0.25, 0.3) is 5.69 Å². The maximum Gasteiger partial charge on any atom is 0.358 e. The maximum atomic E-state index is 13.2. The molecule has 7 heteroatoms. The van der Waals surface area contributed by atoms with E-state index in [1.807, 2.05) is 20.8 Å². The molecule has 0 saturated carbocycles. The highest BCUT2D eigenvalue weighted by Crippen LogP contribution is 2.30. The van der Waals surface area contributed by atoms with Crippen molar-refractivity contribution < 1.29 is 14.3 Å². The van der Waals surface area contributed by atoms with Crippen LogP contribution in [0.3, 0.4) is 0 Å². The van der Waals surface area contributed by atoms with Gasteiger partial charge in [0.25, 0.3) is 0 Å². The summed E-state index contributed by atoms with van der Waals surface area (Å²) in [7, 11) is 0. The Bertz CT molecular complexity index is 677. The van der Waals surface area contributed by atoms with E-state index in [4.69, 9.17) is 0 Å². The summed E-state index contributed by atoms with van der Waals surface area (Å²) in [5, 5.41) is 16.8. The van der Waals surface area contributed by atoms with Gasteiger partial charge in [-0.2, -0.15) is 0 Å². The average Bonchev–Trinajstić information content (AvgIpc) is 2.73. The number of hydrogen-bond donors (Lipinski definition) is 1. The van der Waals surface area contributed by atoms with E-state index in [2.05, 4.69) is 26.2 Å². The third-order valence-electron chi connectivity index (χ3n) is 2.72. The Kier molecular flexibility index (Phi) is 3.64. The van der Waals surface area contributed by atoms with Crippen LogP contribution in [0.1, 0.15) is 37.0 Å². The summed E-state index contributed by atoms with van der Waals surface area (Å²) in [6.45, 7) is 5.60. The van der Waals surface area contributed by atoms with E-state index in [9.17, 15) is 14.3 Å². The molecule has 0 aliphatic heterocycles. The lowest BCUT2D eigenvalue weighted by Crippen LogP contribution is -2.21. The molecule has 0 aliphatic rings. The maximum absolute atomic E-state index is 13.2. The molecule has 0 unspecified atom stereocenters. The summed E-state index contributed by atoms with van der Waals surface area (Å²) < 4.78 is 15.1. The summed E-state index contributed by atoms with van der Waals surface area (Å²) in [5.41, 5.74) is 0.410. The van der Waals surface area contributed by atoms with Gasteiger partial charge in [0.15, 0.2) is 5.69 Å². The van der Waals surface area contributed by atoms with Gasteiger partial charge in [-0.15, -0.1) is 5.10 Å². The van der Waals surface area contributed by atoms with Crippen molar-refractivity contribution in [3.63, 3.8) is 0 Å². The van der Waals surface area contributed by atoms with Crippen LogP contribution < -0.4 is 0 Å². The van der Waals surface area contributed by atoms with Crippen LogP contribution in [0.2, 0.25) is 0 Å². The molecule has 0 spiro atoms. The Morgan fingerprint density at radius 3 is 2.55 bits per heavy atom. The predicted octanol–water partition coefficient (Wildman–Crippen LogP) is 3.16. The molecule has 1 aromatic carbocycles. The van der Waals surface area contributed by atoms with Gasteiger partial charge < -0.3 is 5.11 Å². The van der Waals surface area contributed by atoms with Crippen molar-refractivity contribution in [2.24, 2.45) is 0 Å². The molecule has 0 radical (unpaired) electrons. The Labute approximate surface area is 123 Å². The molecule has 0 fully saturated rings. The van der Waals surface area contributed by atoms with E-state index in [1.54, 1.807) is 0 Å². The quantitative estimate of drug-likeness (QED) is 0.910. The van der Waals surface area contributed by atoms with Gasteiger partial charge in [0.1, 0.15) is 5.82 Å². The lowest BCUT2D eigenvalue weighted by molar-refractivity contribution is 0.0687. The molecule has 0 bridgehead atoms. The monoisotopic (exact) mass is 341 g/mol. The van der Waals surface area contributed by atoms with Crippen LogP contribution in [-0.2, 0) is 5.41 Å². The van der Waals surface area contributed by atoms with Crippen molar-refractivity contribution in [2.75, 3.05) is 0 Å². The topological polar surface area (TPSA) is 68.0 Å². The molecular weight excluding hydrogens is 329 g/mol. The fourth-order valence-corrected chi connectivity index (χ4v) is 2.44. The Hall–Kier alpha value is -1.76. The number of nitrogens with zero attached hydrogens (tertiary/aromatic N) is 3. The molecule has 0 amide bonds. The van der Waals surface area contributed by atoms with Crippen molar-refractivity contribution in [2.45, 2.75) is 26.2 Å². The Morgan fingerprint density at radius 2 is 2.05 bits per heavy atom. The van der Waals surface area contributed by atoms with Crippen molar-refractivity contribution in [1.29, 1.82) is 0 Å². The predicted molar refractivity (Wildman–Crippen MR) is 74.7 cm³/mol. The number of carboxylic acid groups (broad SMARTS) is 1. The second kappa shape index (κ2) is 4.97. The van der Waals surface area contributed by atoms with Crippen molar-refractivity contribution >= 4 is 21.9 Å². The summed E-state index contributed by atoms with van der Waals surface area (Å²) in [4.78, 5) is 11.3. The van der Waals surface area contributed by atoms with E-state index in [1.165, 1.54) is 22.9 Å². The highest BCUT2D eigenvalue weighted by Gasteiger charge is 2.30. The molecular formula is C13H13BrFN3O2. The second-order valence-electron chi connectivity index (χ2n) is 5.35.